The van der Waals surface area contributed by atoms with Crippen LogP contribution in [0.3, 0.4) is 0 Å². The molecule has 0 saturated heterocycles. The van der Waals surface area contributed by atoms with Gasteiger partial charge in [-0.3, -0.25) is 0 Å². The molecule has 2 bridgehead atoms. The van der Waals surface area contributed by atoms with Gasteiger partial charge in [0.05, 0.1) is 0 Å². The van der Waals surface area contributed by atoms with Crippen molar-refractivity contribution < 1.29 is 0 Å². The van der Waals surface area contributed by atoms with Crippen molar-refractivity contribution in [3.8, 4) is 0 Å². The Morgan fingerprint density at radius 2 is 2.11 bits per heavy atom. The van der Waals surface area contributed by atoms with Gasteiger partial charge < -0.3 is 4.57 Å². The van der Waals surface area contributed by atoms with Gasteiger partial charge in [0.1, 0.15) is 0 Å². The predicted molar refractivity (Wildman–Crippen MR) is 75.9 cm³/mol. The summed E-state index contributed by atoms with van der Waals surface area (Å²) in [6.45, 7) is 1.19. The highest BCUT2D eigenvalue weighted by Gasteiger charge is 2.39. The lowest BCUT2D eigenvalue weighted by atomic mass is 9.89. The molecule has 0 amide bonds. The lowest BCUT2D eigenvalue weighted by Crippen LogP contribution is -2.16. The van der Waals surface area contributed by atoms with Crippen LogP contribution in [0.5, 0.6) is 0 Å². The molecule has 0 N–H and O–H groups in total. The molecule has 1 nitrogen and oxygen atoms in total. The Bertz CT molecular complexity index is 586. The minimum absolute atomic E-state index is 0.843. The second-order valence-electron chi connectivity index (χ2n) is 6.11. The van der Waals surface area contributed by atoms with Crippen LogP contribution in [0.15, 0.2) is 30.5 Å². The average molecular weight is 260 g/mol. The lowest BCUT2D eigenvalue weighted by Gasteiger charge is -2.22. The summed E-state index contributed by atoms with van der Waals surface area (Å²) in [5, 5.41) is 2.15. The summed E-state index contributed by atoms with van der Waals surface area (Å²) in [6, 6.07) is 8.41. The second-order valence-corrected chi connectivity index (χ2v) is 6.54. The van der Waals surface area contributed by atoms with Crippen LogP contribution in [-0.4, -0.2) is 4.57 Å². The Hall–Kier alpha value is -0.950. The van der Waals surface area contributed by atoms with Crippen LogP contribution in [0.2, 0.25) is 5.02 Å². The molecule has 18 heavy (non-hydrogen) atoms. The SMILES string of the molecule is Clc1ccc2ccn(CC3CC4CCC3C4)c2c1. The quantitative estimate of drug-likeness (QED) is 0.735. The molecular formula is C16H18ClN. The highest BCUT2D eigenvalue weighted by molar-refractivity contribution is 6.31. The number of hydrogen-bond donors (Lipinski definition) is 0. The van der Waals surface area contributed by atoms with Gasteiger partial charge in [0.15, 0.2) is 0 Å². The fraction of sp³-hybridized carbons (Fsp3) is 0.500. The van der Waals surface area contributed by atoms with Crippen LogP contribution in [-0.2, 0) is 6.54 Å². The van der Waals surface area contributed by atoms with Crippen molar-refractivity contribution >= 4 is 22.5 Å². The molecule has 1 aromatic carbocycles. The van der Waals surface area contributed by atoms with E-state index in [1.807, 2.05) is 6.07 Å². The van der Waals surface area contributed by atoms with E-state index in [4.69, 9.17) is 11.6 Å². The Labute approximate surface area is 113 Å². The van der Waals surface area contributed by atoms with E-state index in [0.717, 1.165) is 22.8 Å². The number of aromatic nitrogens is 1. The van der Waals surface area contributed by atoms with Gasteiger partial charge in [0, 0.05) is 23.3 Å². The molecule has 2 heteroatoms. The smallest absolute Gasteiger partial charge is 0.0495 e. The van der Waals surface area contributed by atoms with Crippen molar-refractivity contribution in [3.05, 3.63) is 35.5 Å². The first-order valence-corrected chi connectivity index (χ1v) is 7.42. The van der Waals surface area contributed by atoms with E-state index in [-0.39, 0.29) is 0 Å². The normalized spacial score (nSPS) is 30.4. The molecule has 2 saturated carbocycles. The number of hydrogen-bond acceptors (Lipinski definition) is 0. The highest BCUT2D eigenvalue weighted by Crippen LogP contribution is 2.49. The first-order chi connectivity index (χ1) is 8.79. The van der Waals surface area contributed by atoms with E-state index in [1.165, 1.54) is 43.1 Å². The largest absolute Gasteiger partial charge is 0.347 e. The summed E-state index contributed by atoms with van der Waals surface area (Å²) in [5.74, 6) is 2.93. The van der Waals surface area contributed by atoms with Gasteiger partial charge in [0.25, 0.3) is 0 Å². The number of nitrogens with zero attached hydrogens (tertiary/aromatic N) is 1. The molecule has 2 aromatic rings. The van der Waals surface area contributed by atoms with Crippen molar-refractivity contribution in [2.75, 3.05) is 0 Å². The van der Waals surface area contributed by atoms with E-state index in [9.17, 15) is 0 Å². The number of benzene rings is 1. The zero-order chi connectivity index (χ0) is 12.1. The second kappa shape index (κ2) is 4.03. The Morgan fingerprint density at radius 3 is 2.89 bits per heavy atom. The predicted octanol–water partition coefficient (Wildman–Crippen LogP) is 4.73. The average Bonchev–Trinajstić information content (AvgIpc) is 3.05. The van der Waals surface area contributed by atoms with Crippen molar-refractivity contribution in [1.29, 1.82) is 0 Å². The third-order valence-electron chi connectivity index (χ3n) is 5.05. The van der Waals surface area contributed by atoms with Crippen LogP contribution in [0, 0.1) is 17.8 Å². The van der Waals surface area contributed by atoms with Crippen molar-refractivity contribution in [2.24, 2.45) is 17.8 Å². The molecular weight excluding hydrogens is 242 g/mol. The molecule has 4 rings (SSSR count). The molecule has 2 fully saturated rings. The van der Waals surface area contributed by atoms with Crippen LogP contribution in [0.4, 0.5) is 0 Å². The van der Waals surface area contributed by atoms with Crippen molar-refractivity contribution in [3.63, 3.8) is 0 Å². The fourth-order valence-corrected chi connectivity index (χ4v) is 4.34. The molecule has 3 atom stereocenters. The Balaban J connectivity index is 1.65. The summed E-state index contributed by atoms with van der Waals surface area (Å²) >= 11 is 6.11. The third-order valence-corrected chi connectivity index (χ3v) is 5.29. The van der Waals surface area contributed by atoms with Gasteiger partial charge in [0.2, 0.25) is 0 Å². The minimum atomic E-state index is 0.843. The molecule has 2 aliphatic rings. The summed E-state index contributed by atoms with van der Waals surface area (Å²) in [4.78, 5) is 0. The van der Waals surface area contributed by atoms with Gasteiger partial charge in [-0.2, -0.15) is 0 Å². The number of halogens is 1. The maximum atomic E-state index is 6.11. The van der Waals surface area contributed by atoms with E-state index in [2.05, 4.69) is 29.0 Å². The summed E-state index contributed by atoms with van der Waals surface area (Å²) in [5.41, 5.74) is 1.30. The molecule has 0 aliphatic heterocycles. The number of rotatable bonds is 2. The minimum Gasteiger partial charge on any atom is -0.347 e. The van der Waals surface area contributed by atoms with Gasteiger partial charge >= 0.3 is 0 Å². The summed E-state index contributed by atoms with van der Waals surface area (Å²) in [7, 11) is 0. The van der Waals surface area contributed by atoms with Crippen LogP contribution in [0.1, 0.15) is 25.7 Å². The maximum Gasteiger partial charge on any atom is 0.0495 e. The van der Waals surface area contributed by atoms with Crippen molar-refractivity contribution in [1.82, 2.24) is 4.57 Å². The monoisotopic (exact) mass is 259 g/mol. The Morgan fingerprint density at radius 1 is 1.17 bits per heavy atom. The molecule has 1 heterocycles. The molecule has 1 aromatic heterocycles. The standard InChI is InChI=1S/C16H18ClN/c17-15-4-3-12-5-6-18(16(12)9-15)10-14-8-11-1-2-13(14)7-11/h3-6,9,11,13-14H,1-2,7-8,10H2. The molecule has 0 spiro atoms. The van der Waals surface area contributed by atoms with Crippen LogP contribution >= 0.6 is 11.6 Å². The van der Waals surface area contributed by atoms with Crippen molar-refractivity contribution in [2.45, 2.75) is 32.2 Å². The lowest BCUT2D eigenvalue weighted by molar-refractivity contribution is 0.299. The van der Waals surface area contributed by atoms with Crippen LogP contribution in [0.25, 0.3) is 10.9 Å². The van der Waals surface area contributed by atoms with E-state index >= 15 is 0 Å². The third kappa shape index (κ3) is 1.68. The topological polar surface area (TPSA) is 4.93 Å². The van der Waals surface area contributed by atoms with E-state index in [1.54, 1.807) is 0 Å². The number of fused-ring (bicyclic) bond motifs is 3. The molecule has 0 radical (unpaired) electrons. The summed E-state index contributed by atoms with van der Waals surface area (Å²) in [6.07, 6.45) is 8.12. The first kappa shape index (κ1) is 10.9. The first-order valence-electron chi connectivity index (χ1n) is 7.04. The molecule has 2 aliphatic carbocycles. The Kier molecular flexibility index (Phi) is 2.44. The van der Waals surface area contributed by atoms with Gasteiger partial charge in [-0.05, 0) is 60.6 Å². The van der Waals surface area contributed by atoms with E-state index in [0.29, 0.717) is 0 Å². The zero-order valence-corrected chi connectivity index (χ0v) is 11.2. The zero-order valence-electron chi connectivity index (χ0n) is 10.5. The highest BCUT2D eigenvalue weighted by atomic mass is 35.5. The summed E-state index contributed by atoms with van der Waals surface area (Å²) < 4.78 is 2.41. The van der Waals surface area contributed by atoms with E-state index < -0.39 is 0 Å². The fourth-order valence-electron chi connectivity index (χ4n) is 4.17. The van der Waals surface area contributed by atoms with Gasteiger partial charge in [-0.25, -0.2) is 0 Å². The maximum absolute atomic E-state index is 6.11. The van der Waals surface area contributed by atoms with Gasteiger partial charge in [-0.15, -0.1) is 0 Å². The molecule has 3 unspecified atom stereocenters. The van der Waals surface area contributed by atoms with Gasteiger partial charge in [-0.1, -0.05) is 24.1 Å². The van der Waals surface area contributed by atoms with Crippen LogP contribution < -0.4 is 0 Å². The molecule has 94 valence electrons.